The molecule has 0 amide bonds. The van der Waals surface area contributed by atoms with Gasteiger partial charge in [-0.15, -0.1) is 0 Å². The number of rotatable bonds is 6. The summed E-state index contributed by atoms with van der Waals surface area (Å²) in [6.45, 7) is -0.647. The molecular formula is C19H15ClF3NO3. The van der Waals surface area contributed by atoms with Crippen LogP contribution in [0.3, 0.4) is 0 Å². The van der Waals surface area contributed by atoms with Crippen molar-refractivity contribution in [3.63, 3.8) is 0 Å². The van der Waals surface area contributed by atoms with E-state index in [1.165, 1.54) is 12.1 Å². The Kier molecular flexibility index (Phi) is 5.53. The normalized spacial score (nSPS) is 16.8. The second kappa shape index (κ2) is 7.70. The van der Waals surface area contributed by atoms with Gasteiger partial charge in [-0.05, 0) is 28.8 Å². The smallest absolute Gasteiger partial charge is 0.422 e. The van der Waals surface area contributed by atoms with Crippen molar-refractivity contribution in [3.8, 4) is 5.75 Å². The van der Waals surface area contributed by atoms with Crippen LogP contribution >= 0.6 is 11.6 Å². The van der Waals surface area contributed by atoms with Gasteiger partial charge in [0.2, 0.25) is 5.78 Å². The summed E-state index contributed by atoms with van der Waals surface area (Å²) < 4.78 is 41.5. The predicted molar refractivity (Wildman–Crippen MR) is 92.5 cm³/mol. The zero-order valence-electron chi connectivity index (χ0n) is 14.0. The van der Waals surface area contributed by atoms with E-state index in [-0.39, 0.29) is 10.8 Å². The van der Waals surface area contributed by atoms with E-state index in [0.29, 0.717) is 24.9 Å². The van der Waals surface area contributed by atoms with E-state index in [2.05, 4.69) is 4.74 Å². The molecule has 1 atom stereocenters. The molecular weight excluding hydrogens is 383 g/mol. The number of fused-ring (bicyclic) bond motifs is 1. The fraction of sp³-hybridized carbons (Fsp3) is 0.263. The lowest BCUT2D eigenvalue weighted by Gasteiger charge is -2.22. The molecule has 4 nitrogen and oxygen atoms in total. The van der Waals surface area contributed by atoms with Gasteiger partial charge in [-0.3, -0.25) is 14.5 Å². The highest BCUT2D eigenvalue weighted by atomic mass is 35.5. The van der Waals surface area contributed by atoms with E-state index in [1.807, 2.05) is 23.1 Å². The van der Waals surface area contributed by atoms with Crippen molar-refractivity contribution < 1.29 is 27.5 Å². The van der Waals surface area contributed by atoms with Crippen molar-refractivity contribution in [2.24, 2.45) is 0 Å². The number of benzene rings is 2. The van der Waals surface area contributed by atoms with Crippen molar-refractivity contribution in [3.05, 3.63) is 64.2 Å². The minimum absolute atomic E-state index is 0.0479. The van der Waals surface area contributed by atoms with Gasteiger partial charge in [0.05, 0.1) is 5.02 Å². The molecule has 0 radical (unpaired) electrons. The summed E-state index contributed by atoms with van der Waals surface area (Å²) in [6, 6.07) is 11.1. The van der Waals surface area contributed by atoms with Crippen LogP contribution < -0.4 is 4.74 Å². The highest BCUT2D eigenvalue weighted by molar-refractivity contribution is 6.32. The van der Waals surface area contributed by atoms with Gasteiger partial charge in [-0.1, -0.05) is 41.9 Å². The molecule has 0 fully saturated rings. The van der Waals surface area contributed by atoms with Crippen molar-refractivity contribution in [2.45, 2.75) is 25.3 Å². The van der Waals surface area contributed by atoms with Gasteiger partial charge in [-0.25, -0.2) is 0 Å². The van der Waals surface area contributed by atoms with E-state index in [4.69, 9.17) is 11.6 Å². The van der Waals surface area contributed by atoms with Crippen LogP contribution in [0.2, 0.25) is 5.02 Å². The van der Waals surface area contributed by atoms with E-state index in [0.717, 1.165) is 11.1 Å². The lowest BCUT2D eigenvalue weighted by molar-refractivity contribution is -0.153. The van der Waals surface area contributed by atoms with Gasteiger partial charge < -0.3 is 4.74 Å². The van der Waals surface area contributed by atoms with Crippen LogP contribution in [0.4, 0.5) is 13.2 Å². The number of ketones is 1. The number of carbonyl (C=O) groups is 2. The van der Waals surface area contributed by atoms with E-state index >= 15 is 0 Å². The topological polar surface area (TPSA) is 46.6 Å². The van der Waals surface area contributed by atoms with Crippen LogP contribution in [-0.2, 0) is 22.7 Å². The van der Waals surface area contributed by atoms with Crippen LogP contribution in [0.1, 0.15) is 22.7 Å². The first-order valence-corrected chi connectivity index (χ1v) is 8.45. The van der Waals surface area contributed by atoms with Crippen LogP contribution in [-0.4, -0.2) is 29.8 Å². The number of aldehydes is 1. The maximum Gasteiger partial charge on any atom is 0.422 e. The van der Waals surface area contributed by atoms with Crippen LogP contribution in [0, 0.1) is 0 Å². The molecule has 3 rings (SSSR count). The molecule has 27 heavy (non-hydrogen) atoms. The standard InChI is InChI=1S/C19H15ClF3NO3/c20-15-7-12(5-6-17(15)27-11-19(21,22)23)8-24-9-13-3-1-2-4-14(13)18(24)16(26)10-25/h1-7,10,18H,8-9,11H2. The summed E-state index contributed by atoms with van der Waals surface area (Å²) in [5, 5.41) is 0.0479. The molecule has 1 heterocycles. The maximum atomic E-state index is 12.3. The second-order valence-electron chi connectivity index (χ2n) is 6.20. The molecule has 0 N–H and O–H groups in total. The molecule has 0 aliphatic carbocycles. The molecule has 2 aromatic rings. The summed E-state index contributed by atoms with van der Waals surface area (Å²) in [4.78, 5) is 25.0. The Morgan fingerprint density at radius 3 is 2.67 bits per heavy atom. The zero-order chi connectivity index (χ0) is 19.6. The highest BCUT2D eigenvalue weighted by Crippen LogP contribution is 2.36. The maximum absolute atomic E-state index is 12.3. The molecule has 0 saturated carbocycles. The summed E-state index contributed by atoms with van der Waals surface area (Å²) in [6.07, 6.45) is -4.15. The number of carbonyl (C=O) groups excluding carboxylic acids is 2. The summed E-state index contributed by atoms with van der Waals surface area (Å²) in [5.41, 5.74) is 2.43. The Bertz CT molecular complexity index is 870. The number of hydrogen-bond donors (Lipinski definition) is 0. The number of nitrogens with zero attached hydrogens (tertiary/aromatic N) is 1. The van der Waals surface area contributed by atoms with Gasteiger partial charge in [0, 0.05) is 13.1 Å². The monoisotopic (exact) mass is 397 g/mol. The number of alkyl halides is 3. The van der Waals surface area contributed by atoms with Crippen molar-refractivity contribution in [1.82, 2.24) is 4.90 Å². The van der Waals surface area contributed by atoms with Crippen LogP contribution in [0.25, 0.3) is 0 Å². The SMILES string of the molecule is O=CC(=O)C1c2ccccc2CN1Cc1ccc(OCC(F)(F)F)c(Cl)c1. The molecule has 0 bridgehead atoms. The molecule has 8 heteroatoms. The number of hydrogen-bond acceptors (Lipinski definition) is 4. The third kappa shape index (κ3) is 4.48. The average molecular weight is 398 g/mol. The lowest BCUT2D eigenvalue weighted by atomic mass is 10.0. The molecule has 0 aromatic heterocycles. The largest absolute Gasteiger partial charge is 0.483 e. The lowest BCUT2D eigenvalue weighted by Crippen LogP contribution is -2.28. The zero-order valence-corrected chi connectivity index (χ0v) is 14.8. The van der Waals surface area contributed by atoms with Crippen molar-refractivity contribution in [2.75, 3.05) is 6.61 Å². The van der Waals surface area contributed by atoms with Gasteiger partial charge >= 0.3 is 6.18 Å². The molecule has 1 aliphatic heterocycles. The molecule has 2 aromatic carbocycles. The van der Waals surface area contributed by atoms with Gasteiger partial charge in [-0.2, -0.15) is 13.2 Å². The Labute approximate surface area is 158 Å². The van der Waals surface area contributed by atoms with Crippen LogP contribution in [0.15, 0.2) is 42.5 Å². The Hall–Kier alpha value is -2.38. The molecule has 0 spiro atoms. The number of Topliss-reactive ketones (excluding diaryl/α,β-unsaturated/α-hetero) is 1. The fourth-order valence-electron chi connectivity index (χ4n) is 3.15. The third-order valence-corrected chi connectivity index (χ3v) is 4.54. The molecule has 1 unspecified atom stereocenters. The summed E-state index contributed by atoms with van der Waals surface area (Å²) >= 11 is 6.03. The fourth-order valence-corrected chi connectivity index (χ4v) is 3.41. The molecule has 142 valence electrons. The molecule has 1 aliphatic rings. The third-order valence-electron chi connectivity index (χ3n) is 4.25. The van der Waals surface area contributed by atoms with E-state index in [9.17, 15) is 22.8 Å². The summed E-state index contributed by atoms with van der Waals surface area (Å²) in [7, 11) is 0. The first kappa shape index (κ1) is 19.4. The molecule has 0 saturated heterocycles. The number of halogens is 4. The Morgan fingerprint density at radius 2 is 2.00 bits per heavy atom. The van der Waals surface area contributed by atoms with Gasteiger partial charge in [0.25, 0.3) is 0 Å². The first-order chi connectivity index (χ1) is 12.8. The van der Waals surface area contributed by atoms with Gasteiger partial charge in [0.15, 0.2) is 12.9 Å². The van der Waals surface area contributed by atoms with Gasteiger partial charge in [0.1, 0.15) is 11.8 Å². The van der Waals surface area contributed by atoms with Crippen molar-refractivity contribution >= 4 is 23.7 Å². The highest BCUT2D eigenvalue weighted by Gasteiger charge is 2.35. The van der Waals surface area contributed by atoms with E-state index < -0.39 is 24.6 Å². The average Bonchev–Trinajstić information content (AvgIpc) is 2.97. The second-order valence-corrected chi connectivity index (χ2v) is 6.60. The van der Waals surface area contributed by atoms with Crippen LogP contribution in [0.5, 0.6) is 5.75 Å². The minimum Gasteiger partial charge on any atom is -0.483 e. The predicted octanol–water partition coefficient (Wildman–Crippen LogP) is 4.11. The summed E-state index contributed by atoms with van der Waals surface area (Å²) in [5.74, 6) is -0.612. The van der Waals surface area contributed by atoms with E-state index in [1.54, 1.807) is 12.1 Å². The minimum atomic E-state index is -4.45. The Morgan fingerprint density at radius 1 is 1.26 bits per heavy atom. The van der Waals surface area contributed by atoms with Crippen molar-refractivity contribution in [1.29, 1.82) is 0 Å². The Balaban J connectivity index is 1.77. The first-order valence-electron chi connectivity index (χ1n) is 8.07. The number of ether oxygens (including phenoxy) is 1. The quantitative estimate of drug-likeness (QED) is 0.543.